The highest BCUT2D eigenvalue weighted by atomic mass is 16.5. The third kappa shape index (κ3) is 2.74. The molecular formula is C17H17N3O. The second-order valence-electron chi connectivity index (χ2n) is 4.97. The summed E-state index contributed by atoms with van der Waals surface area (Å²) in [6, 6.07) is 16.1. The molecule has 2 aromatic carbocycles. The number of methoxy groups -OCH3 is 1. The van der Waals surface area contributed by atoms with Gasteiger partial charge in [-0.2, -0.15) is 0 Å². The van der Waals surface area contributed by atoms with E-state index in [0.29, 0.717) is 5.84 Å². The number of hydrogen-bond donors (Lipinski definition) is 3. The maximum absolute atomic E-state index is 7.49. The topological polar surface area (TPSA) is 60.9 Å². The zero-order valence-electron chi connectivity index (χ0n) is 12.0. The Labute approximate surface area is 123 Å². The van der Waals surface area contributed by atoms with Gasteiger partial charge in [0.15, 0.2) is 0 Å². The van der Waals surface area contributed by atoms with Crippen LogP contribution < -0.4 is 10.1 Å². The number of ether oxygens (including phenoxy) is 1. The molecule has 4 heteroatoms. The molecule has 1 aromatic heterocycles. The fourth-order valence-corrected chi connectivity index (χ4v) is 2.37. The highest BCUT2D eigenvalue weighted by Crippen LogP contribution is 2.28. The number of aromatic nitrogens is 1. The number of fused-ring (bicyclic) bond motifs is 1. The van der Waals surface area contributed by atoms with Crippen molar-refractivity contribution in [3.63, 3.8) is 0 Å². The Balaban J connectivity index is 2.02. The van der Waals surface area contributed by atoms with Crippen LogP contribution >= 0.6 is 0 Å². The average molecular weight is 279 g/mol. The van der Waals surface area contributed by atoms with E-state index in [-0.39, 0.29) is 0 Å². The molecule has 0 atom stereocenters. The third-order valence-corrected chi connectivity index (χ3v) is 3.33. The lowest BCUT2D eigenvalue weighted by Gasteiger charge is -2.02. The molecule has 1 heterocycles. The summed E-state index contributed by atoms with van der Waals surface area (Å²) in [4.78, 5) is 3.41. The molecule has 106 valence electrons. The summed E-state index contributed by atoms with van der Waals surface area (Å²) in [6.07, 6.45) is 0. The van der Waals surface area contributed by atoms with E-state index >= 15 is 0 Å². The molecule has 0 bridgehead atoms. The summed E-state index contributed by atoms with van der Waals surface area (Å²) < 4.78 is 5.27. The minimum absolute atomic E-state index is 0.429. The lowest BCUT2D eigenvalue weighted by Crippen LogP contribution is -2.04. The first-order chi connectivity index (χ1) is 10.2. The second kappa shape index (κ2) is 5.32. The standard InChI is InChI=1S/C17H17N3O/c1-11(18)19-14-6-7-16-13(8-14)10-17(20-16)12-4-3-5-15(9-12)21-2/h3-10,20H,1-2H3,(H2,18,19). The van der Waals surface area contributed by atoms with E-state index in [1.165, 1.54) is 0 Å². The van der Waals surface area contributed by atoms with E-state index in [9.17, 15) is 0 Å². The van der Waals surface area contributed by atoms with Gasteiger partial charge >= 0.3 is 0 Å². The molecule has 0 aliphatic heterocycles. The molecule has 0 aliphatic rings. The van der Waals surface area contributed by atoms with E-state index in [1.54, 1.807) is 14.0 Å². The minimum Gasteiger partial charge on any atom is -0.497 e. The van der Waals surface area contributed by atoms with Crippen LogP contribution in [0.3, 0.4) is 0 Å². The van der Waals surface area contributed by atoms with Gasteiger partial charge in [0.1, 0.15) is 5.75 Å². The number of anilines is 1. The molecule has 0 fully saturated rings. The van der Waals surface area contributed by atoms with Crippen LogP contribution in [0.1, 0.15) is 6.92 Å². The van der Waals surface area contributed by atoms with Crippen LogP contribution in [-0.4, -0.2) is 17.9 Å². The largest absolute Gasteiger partial charge is 0.497 e. The second-order valence-corrected chi connectivity index (χ2v) is 4.97. The first kappa shape index (κ1) is 13.2. The van der Waals surface area contributed by atoms with Gasteiger partial charge in [0.05, 0.1) is 12.9 Å². The molecule has 0 radical (unpaired) electrons. The first-order valence-electron chi connectivity index (χ1n) is 6.75. The molecule has 4 nitrogen and oxygen atoms in total. The molecule has 0 unspecified atom stereocenters. The van der Waals surface area contributed by atoms with Crippen molar-refractivity contribution in [2.75, 3.05) is 12.4 Å². The van der Waals surface area contributed by atoms with E-state index < -0.39 is 0 Å². The molecule has 21 heavy (non-hydrogen) atoms. The Hall–Kier alpha value is -2.75. The van der Waals surface area contributed by atoms with Crippen LogP contribution in [0.5, 0.6) is 5.75 Å². The minimum atomic E-state index is 0.429. The van der Waals surface area contributed by atoms with E-state index in [4.69, 9.17) is 10.1 Å². The Morgan fingerprint density at radius 3 is 2.76 bits per heavy atom. The molecule has 3 aromatic rings. The molecule has 0 saturated heterocycles. The predicted octanol–water partition coefficient (Wildman–Crippen LogP) is 4.25. The summed E-state index contributed by atoms with van der Waals surface area (Å²) in [5.74, 6) is 1.27. The van der Waals surface area contributed by atoms with Crippen LogP contribution in [0.25, 0.3) is 22.2 Å². The highest BCUT2D eigenvalue weighted by Gasteiger charge is 2.05. The monoisotopic (exact) mass is 279 g/mol. The quantitative estimate of drug-likeness (QED) is 0.495. The molecule has 0 saturated carbocycles. The Morgan fingerprint density at radius 2 is 2.00 bits per heavy atom. The van der Waals surface area contributed by atoms with Crippen molar-refractivity contribution in [2.45, 2.75) is 6.92 Å². The van der Waals surface area contributed by atoms with Gasteiger partial charge in [-0.3, -0.25) is 5.41 Å². The molecule has 3 rings (SSSR count). The molecule has 3 N–H and O–H groups in total. The van der Waals surface area contributed by atoms with Crippen LogP contribution in [0.2, 0.25) is 0 Å². The number of hydrogen-bond acceptors (Lipinski definition) is 2. The van der Waals surface area contributed by atoms with Gasteiger partial charge in [-0.05, 0) is 43.3 Å². The SMILES string of the molecule is COc1cccc(-c2cc3cc(NC(C)=N)ccc3[nH]2)c1. The summed E-state index contributed by atoms with van der Waals surface area (Å²) >= 11 is 0. The normalized spacial score (nSPS) is 10.6. The molecular weight excluding hydrogens is 262 g/mol. The van der Waals surface area contributed by atoms with Gasteiger partial charge < -0.3 is 15.0 Å². The number of benzene rings is 2. The Morgan fingerprint density at radius 1 is 1.14 bits per heavy atom. The van der Waals surface area contributed by atoms with E-state index in [2.05, 4.69) is 16.4 Å². The van der Waals surface area contributed by atoms with E-state index in [1.807, 2.05) is 42.5 Å². The number of rotatable bonds is 3. The smallest absolute Gasteiger partial charge is 0.119 e. The zero-order chi connectivity index (χ0) is 14.8. The summed E-state index contributed by atoms with van der Waals surface area (Å²) in [5.41, 5.74) is 4.13. The summed E-state index contributed by atoms with van der Waals surface area (Å²) in [6.45, 7) is 1.73. The number of nitrogens with one attached hydrogen (secondary N) is 3. The first-order valence-corrected chi connectivity index (χ1v) is 6.75. The van der Waals surface area contributed by atoms with Crippen molar-refractivity contribution < 1.29 is 4.74 Å². The maximum atomic E-state index is 7.49. The zero-order valence-corrected chi connectivity index (χ0v) is 12.0. The molecule has 0 amide bonds. The molecule has 0 spiro atoms. The van der Waals surface area contributed by atoms with Gasteiger partial charge in [-0.25, -0.2) is 0 Å². The summed E-state index contributed by atoms with van der Waals surface area (Å²) in [7, 11) is 1.67. The Kier molecular flexibility index (Phi) is 3.36. The van der Waals surface area contributed by atoms with E-state index in [0.717, 1.165) is 33.6 Å². The number of aromatic amines is 1. The van der Waals surface area contributed by atoms with Crippen molar-refractivity contribution in [2.24, 2.45) is 0 Å². The van der Waals surface area contributed by atoms with Gasteiger partial charge in [0.2, 0.25) is 0 Å². The van der Waals surface area contributed by atoms with Gasteiger partial charge in [0, 0.05) is 27.8 Å². The fraction of sp³-hybridized carbons (Fsp3) is 0.118. The number of amidine groups is 1. The van der Waals surface area contributed by atoms with Crippen LogP contribution in [0.4, 0.5) is 5.69 Å². The Bertz CT molecular complexity index is 805. The average Bonchev–Trinajstić information content (AvgIpc) is 2.90. The van der Waals surface area contributed by atoms with Gasteiger partial charge in [0.25, 0.3) is 0 Å². The highest BCUT2D eigenvalue weighted by molar-refractivity contribution is 5.95. The number of H-pyrrole nitrogens is 1. The van der Waals surface area contributed by atoms with Crippen molar-refractivity contribution in [1.82, 2.24) is 4.98 Å². The lowest BCUT2D eigenvalue weighted by molar-refractivity contribution is 0.415. The summed E-state index contributed by atoms with van der Waals surface area (Å²) in [5, 5.41) is 11.6. The van der Waals surface area contributed by atoms with Crippen LogP contribution in [0, 0.1) is 5.41 Å². The van der Waals surface area contributed by atoms with Crippen LogP contribution in [-0.2, 0) is 0 Å². The van der Waals surface area contributed by atoms with Gasteiger partial charge in [-0.15, -0.1) is 0 Å². The van der Waals surface area contributed by atoms with Gasteiger partial charge in [-0.1, -0.05) is 12.1 Å². The van der Waals surface area contributed by atoms with Crippen molar-refractivity contribution in [3.05, 3.63) is 48.5 Å². The maximum Gasteiger partial charge on any atom is 0.119 e. The lowest BCUT2D eigenvalue weighted by atomic mass is 10.1. The van der Waals surface area contributed by atoms with Crippen molar-refractivity contribution in [3.8, 4) is 17.0 Å². The van der Waals surface area contributed by atoms with Crippen LogP contribution in [0.15, 0.2) is 48.5 Å². The third-order valence-electron chi connectivity index (χ3n) is 3.33. The fourth-order valence-electron chi connectivity index (χ4n) is 2.37. The molecule has 0 aliphatic carbocycles. The predicted molar refractivity (Wildman–Crippen MR) is 87.3 cm³/mol. The van der Waals surface area contributed by atoms with Crippen molar-refractivity contribution >= 4 is 22.4 Å². The van der Waals surface area contributed by atoms with Crippen molar-refractivity contribution in [1.29, 1.82) is 5.41 Å².